The van der Waals surface area contributed by atoms with Crippen molar-refractivity contribution in [1.82, 2.24) is 20.2 Å². The molecule has 0 fully saturated rings. The molecule has 0 spiro atoms. The first-order chi connectivity index (χ1) is 11.6. The fraction of sp³-hybridized carbons (Fsp3) is 0.444. The van der Waals surface area contributed by atoms with Crippen LogP contribution >= 0.6 is 0 Å². The van der Waals surface area contributed by atoms with Crippen molar-refractivity contribution in [2.24, 2.45) is 0 Å². The summed E-state index contributed by atoms with van der Waals surface area (Å²) < 4.78 is 0. The van der Waals surface area contributed by atoms with Gasteiger partial charge in [0.25, 0.3) is 0 Å². The van der Waals surface area contributed by atoms with Gasteiger partial charge in [-0.15, -0.1) is 0 Å². The summed E-state index contributed by atoms with van der Waals surface area (Å²) in [6.07, 6.45) is 3.45. The number of aryl methyl sites for hydroxylation is 2. The second-order valence-corrected chi connectivity index (χ2v) is 6.54. The monoisotopic (exact) mass is 326 g/mol. The molecule has 1 aromatic heterocycles. The zero-order chi connectivity index (χ0) is 17.1. The summed E-state index contributed by atoms with van der Waals surface area (Å²) in [4.78, 5) is 13.1. The minimum absolute atomic E-state index is 0.870. The van der Waals surface area contributed by atoms with Crippen molar-refractivity contribution >= 4 is 22.9 Å². The van der Waals surface area contributed by atoms with Crippen LogP contribution in [-0.2, 0) is 0 Å². The van der Waals surface area contributed by atoms with Gasteiger partial charge >= 0.3 is 0 Å². The summed E-state index contributed by atoms with van der Waals surface area (Å²) in [5.41, 5.74) is 5.83. The number of benzene rings is 1. The molecular weight excluding hydrogens is 300 g/mol. The van der Waals surface area contributed by atoms with Gasteiger partial charge in [-0.25, -0.2) is 9.97 Å². The fourth-order valence-electron chi connectivity index (χ4n) is 2.85. The maximum absolute atomic E-state index is 4.50. The molecule has 24 heavy (non-hydrogen) atoms. The summed E-state index contributed by atoms with van der Waals surface area (Å²) in [7, 11) is 4.18. The Morgan fingerprint density at radius 3 is 2.71 bits per heavy atom. The molecule has 0 amide bonds. The van der Waals surface area contributed by atoms with Gasteiger partial charge < -0.3 is 20.4 Å². The largest absolute Gasteiger partial charge is 0.350 e. The van der Waals surface area contributed by atoms with Crippen LogP contribution in [0.2, 0.25) is 0 Å². The van der Waals surface area contributed by atoms with E-state index in [0.717, 1.165) is 43.4 Å². The molecule has 6 nitrogen and oxygen atoms in total. The van der Waals surface area contributed by atoms with Crippen LogP contribution < -0.4 is 15.5 Å². The Bertz CT molecular complexity index is 713. The normalized spacial score (nSPS) is 12.8. The lowest BCUT2D eigenvalue weighted by Crippen LogP contribution is -2.34. The van der Waals surface area contributed by atoms with Crippen LogP contribution in [-0.4, -0.2) is 55.1 Å². The second kappa shape index (κ2) is 7.15. The third-order valence-corrected chi connectivity index (χ3v) is 4.37. The topological polar surface area (TPSA) is 56.3 Å². The van der Waals surface area contributed by atoms with E-state index in [1.165, 1.54) is 16.8 Å². The van der Waals surface area contributed by atoms with Gasteiger partial charge in [0.1, 0.15) is 12.0 Å². The van der Waals surface area contributed by atoms with Gasteiger partial charge in [-0.05, 0) is 51.2 Å². The lowest BCUT2D eigenvalue weighted by Gasteiger charge is -2.33. The Labute approximate surface area is 143 Å². The average molecular weight is 326 g/mol. The zero-order valence-electron chi connectivity index (χ0n) is 14.9. The van der Waals surface area contributed by atoms with E-state index >= 15 is 0 Å². The second-order valence-electron chi connectivity index (χ2n) is 6.54. The third-order valence-electron chi connectivity index (χ3n) is 4.37. The van der Waals surface area contributed by atoms with Crippen LogP contribution in [0, 0.1) is 13.8 Å². The maximum atomic E-state index is 4.50. The van der Waals surface area contributed by atoms with E-state index in [2.05, 4.69) is 70.5 Å². The molecule has 3 rings (SSSR count). The quantitative estimate of drug-likeness (QED) is 0.795. The molecular formula is C18H26N6. The van der Waals surface area contributed by atoms with E-state index in [0.29, 0.717) is 0 Å². The Balaban J connectivity index is 1.81. The number of aromatic nitrogens is 2. The highest BCUT2D eigenvalue weighted by Gasteiger charge is 2.24. The van der Waals surface area contributed by atoms with Gasteiger partial charge in [-0.1, -0.05) is 0 Å². The Hall–Kier alpha value is -2.18. The Kier molecular flexibility index (Phi) is 4.97. The molecule has 1 aromatic carbocycles. The molecule has 0 saturated carbocycles. The van der Waals surface area contributed by atoms with Gasteiger partial charge in [0.15, 0.2) is 5.82 Å². The lowest BCUT2D eigenvalue weighted by atomic mass is 10.0. The smallest absolute Gasteiger partial charge is 0.160 e. The molecule has 1 aliphatic rings. The predicted octanol–water partition coefficient (Wildman–Crippen LogP) is 2.44. The molecule has 2 N–H and O–H groups in total. The van der Waals surface area contributed by atoms with Crippen LogP contribution in [0.15, 0.2) is 24.7 Å². The van der Waals surface area contributed by atoms with Crippen LogP contribution in [0.1, 0.15) is 11.1 Å². The first kappa shape index (κ1) is 16.7. The summed E-state index contributed by atoms with van der Waals surface area (Å²) in [5.74, 6) is 0.940. The van der Waals surface area contributed by atoms with Gasteiger partial charge in [0.2, 0.25) is 0 Å². The fourth-order valence-corrected chi connectivity index (χ4v) is 2.85. The van der Waals surface area contributed by atoms with Gasteiger partial charge in [-0.2, -0.15) is 0 Å². The molecule has 0 unspecified atom stereocenters. The minimum Gasteiger partial charge on any atom is -0.350 e. The molecule has 0 bridgehead atoms. The van der Waals surface area contributed by atoms with E-state index < -0.39 is 0 Å². The molecule has 2 aromatic rings. The predicted molar refractivity (Wildman–Crippen MR) is 99.7 cm³/mol. The third kappa shape index (κ3) is 3.49. The van der Waals surface area contributed by atoms with E-state index in [1.807, 2.05) is 6.20 Å². The standard InChI is InChI=1S/C18H26N6/c1-13-9-15-17(10-14(13)2)24(8-6-19-5-7-23(3)4)18-16(22-15)11-20-12-21-18/h9-12,19,22H,5-8H2,1-4H3. The van der Waals surface area contributed by atoms with Crippen molar-refractivity contribution in [3.8, 4) is 0 Å². The van der Waals surface area contributed by atoms with Crippen molar-refractivity contribution < 1.29 is 0 Å². The molecule has 0 atom stereocenters. The van der Waals surface area contributed by atoms with Gasteiger partial charge in [-0.3, -0.25) is 0 Å². The summed E-state index contributed by atoms with van der Waals surface area (Å²) in [6.45, 7) is 8.09. The number of nitrogens with one attached hydrogen (secondary N) is 2. The number of nitrogens with zero attached hydrogens (tertiary/aromatic N) is 4. The number of rotatable bonds is 6. The van der Waals surface area contributed by atoms with Gasteiger partial charge in [0, 0.05) is 26.2 Å². The first-order valence-corrected chi connectivity index (χ1v) is 8.37. The molecule has 128 valence electrons. The van der Waals surface area contributed by atoms with E-state index in [9.17, 15) is 0 Å². The van der Waals surface area contributed by atoms with Crippen molar-refractivity contribution in [2.75, 3.05) is 50.5 Å². The zero-order valence-corrected chi connectivity index (χ0v) is 14.9. The summed E-state index contributed by atoms with van der Waals surface area (Å²) in [6, 6.07) is 4.44. The maximum Gasteiger partial charge on any atom is 0.160 e. The lowest BCUT2D eigenvalue weighted by molar-refractivity contribution is 0.401. The number of anilines is 4. The number of hydrogen-bond donors (Lipinski definition) is 2. The molecule has 0 radical (unpaired) electrons. The molecule has 2 heterocycles. The van der Waals surface area contributed by atoms with Crippen LogP contribution in [0.25, 0.3) is 0 Å². The Morgan fingerprint density at radius 2 is 1.92 bits per heavy atom. The first-order valence-electron chi connectivity index (χ1n) is 8.37. The highest BCUT2D eigenvalue weighted by atomic mass is 15.3. The highest BCUT2D eigenvalue weighted by Crippen LogP contribution is 2.42. The van der Waals surface area contributed by atoms with Crippen molar-refractivity contribution in [1.29, 1.82) is 0 Å². The number of fused-ring (bicyclic) bond motifs is 2. The highest BCUT2D eigenvalue weighted by molar-refractivity contribution is 5.90. The summed E-state index contributed by atoms with van der Waals surface area (Å²) in [5, 5.41) is 6.97. The molecule has 0 aliphatic carbocycles. The van der Waals surface area contributed by atoms with Crippen molar-refractivity contribution in [3.63, 3.8) is 0 Å². The number of hydrogen-bond acceptors (Lipinski definition) is 6. The van der Waals surface area contributed by atoms with Crippen molar-refractivity contribution in [3.05, 3.63) is 35.8 Å². The van der Waals surface area contributed by atoms with Crippen LogP contribution in [0.4, 0.5) is 22.9 Å². The van der Waals surface area contributed by atoms with E-state index in [-0.39, 0.29) is 0 Å². The van der Waals surface area contributed by atoms with E-state index in [4.69, 9.17) is 0 Å². The SMILES string of the molecule is Cc1cc2c(cc1C)N(CCNCCN(C)C)c1ncncc1N2. The van der Waals surface area contributed by atoms with Crippen LogP contribution in [0.3, 0.4) is 0 Å². The molecule has 1 aliphatic heterocycles. The summed E-state index contributed by atoms with van der Waals surface area (Å²) >= 11 is 0. The Morgan fingerprint density at radius 1 is 1.12 bits per heavy atom. The van der Waals surface area contributed by atoms with Gasteiger partial charge in [0.05, 0.1) is 17.6 Å². The minimum atomic E-state index is 0.870. The molecule has 6 heteroatoms. The van der Waals surface area contributed by atoms with E-state index in [1.54, 1.807) is 6.33 Å². The number of likely N-dealkylation sites (N-methyl/N-ethyl adjacent to an activating group) is 1. The van der Waals surface area contributed by atoms with Crippen LogP contribution in [0.5, 0.6) is 0 Å². The molecule has 0 saturated heterocycles. The average Bonchev–Trinajstić information content (AvgIpc) is 2.55. The van der Waals surface area contributed by atoms with Crippen molar-refractivity contribution in [2.45, 2.75) is 13.8 Å².